The molecule has 1 atom stereocenters. The average Bonchev–Trinajstić information content (AvgIpc) is 3.24. The number of piperidine rings is 1. The third-order valence-electron chi connectivity index (χ3n) is 4.57. The topological polar surface area (TPSA) is 84.3 Å². The third kappa shape index (κ3) is 4.59. The Labute approximate surface area is 164 Å². The molecule has 148 valence electrons. The molecule has 2 aromatic heterocycles. The van der Waals surface area contributed by atoms with E-state index in [1.165, 1.54) is 15.6 Å². The highest BCUT2D eigenvalue weighted by atomic mass is 32.2. The van der Waals surface area contributed by atoms with Gasteiger partial charge in [-0.05, 0) is 37.8 Å². The van der Waals surface area contributed by atoms with Crippen molar-refractivity contribution in [3.05, 3.63) is 29.3 Å². The average molecular weight is 411 g/mol. The minimum absolute atomic E-state index is 0.150. The molecule has 1 amide bonds. The number of sulfonamides is 1. The number of carbonyl (C=O) groups excluding carboxylic acids is 1. The number of carbonyl (C=O) groups is 1. The fraction of sp³-hybridized carbons (Fsp3) is 0.556. The fourth-order valence-corrected chi connectivity index (χ4v) is 6.17. The van der Waals surface area contributed by atoms with E-state index >= 15 is 0 Å². The van der Waals surface area contributed by atoms with Crippen LogP contribution < -0.4 is 5.32 Å². The van der Waals surface area contributed by atoms with Crippen LogP contribution >= 0.6 is 11.3 Å². The Morgan fingerprint density at radius 3 is 2.81 bits per heavy atom. The van der Waals surface area contributed by atoms with Crippen LogP contribution in [0.1, 0.15) is 31.6 Å². The van der Waals surface area contributed by atoms with Crippen LogP contribution in [-0.2, 0) is 21.4 Å². The second-order valence-electron chi connectivity index (χ2n) is 7.35. The van der Waals surface area contributed by atoms with Gasteiger partial charge in [0, 0.05) is 30.6 Å². The summed E-state index contributed by atoms with van der Waals surface area (Å²) in [7, 11) is -3.54. The van der Waals surface area contributed by atoms with Gasteiger partial charge in [-0.15, -0.1) is 11.3 Å². The monoisotopic (exact) mass is 410 g/mol. The molecule has 7 nitrogen and oxygen atoms in total. The van der Waals surface area contributed by atoms with E-state index in [1.54, 1.807) is 23.0 Å². The molecular weight excluding hydrogens is 384 g/mol. The Morgan fingerprint density at radius 1 is 1.37 bits per heavy atom. The highest BCUT2D eigenvalue weighted by Gasteiger charge is 2.34. The molecule has 1 N–H and O–H groups in total. The van der Waals surface area contributed by atoms with E-state index in [-0.39, 0.29) is 18.4 Å². The van der Waals surface area contributed by atoms with Crippen molar-refractivity contribution in [2.75, 3.05) is 18.4 Å². The largest absolute Gasteiger partial charge is 0.311 e. The second kappa shape index (κ2) is 8.12. The fourth-order valence-electron chi connectivity index (χ4n) is 3.21. The summed E-state index contributed by atoms with van der Waals surface area (Å²) in [6, 6.07) is 5.22. The van der Waals surface area contributed by atoms with Gasteiger partial charge in [0.1, 0.15) is 10.0 Å². The number of aryl methyl sites for hydroxylation is 1. The van der Waals surface area contributed by atoms with Crippen LogP contribution in [-0.4, -0.2) is 41.5 Å². The highest BCUT2D eigenvalue weighted by Crippen LogP contribution is 2.28. The number of rotatable bonds is 6. The van der Waals surface area contributed by atoms with Gasteiger partial charge in [0.2, 0.25) is 5.91 Å². The van der Waals surface area contributed by atoms with Crippen LogP contribution in [0.2, 0.25) is 0 Å². The van der Waals surface area contributed by atoms with Gasteiger partial charge >= 0.3 is 0 Å². The number of nitrogens with zero attached hydrogens (tertiary/aromatic N) is 3. The van der Waals surface area contributed by atoms with E-state index in [1.807, 2.05) is 13.0 Å². The molecule has 1 unspecified atom stereocenters. The van der Waals surface area contributed by atoms with Crippen LogP contribution in [0.3, 0.4) is 0 Å². The number of amides is 1. The van der Waals surface area contributed by atoms with Crippen molar-refractivity contribution in [3.8, 4) is 0 Å². The lowest BCUT2D eigenvalue weighted by Crippen LogP contribution is -2.43. The van der Waals surface area contributed by atoms with Crippen molar-refractivity contribution >= 4 is 33.1 Å². The van der Waals surface area contributed by atoms with Crippen molar-refractivity contribution in [3.63, 3.8) is 0 Å². The summed E-state index contributed by atoms with van der Waals surface area (Å²) >= 11 is 1.27. The summed E-state index contributed by atoms with van der Waals surface area (Å²) in [5, 5.41) is 7.17. The maximum absolute atomic E-state index is 12.9. The highest BCUT2D eigenvalue weighted by molar-refractivity contribution is 7.91. The van der Waals surface area contributed by atoms with Crippen molar-refractivity contribution in [1.29, 1.82) is 0 Å². The van der Waals surface area contributed by atoms with Gasteiger partial charge in [0.15, 0.2) is 0 Å². The molecule has 1 saturated heterocycles. The summed E-state index contributed by atoms with van der Waals surface area (Å²) in [6.45, 7) is 7.44. The zero-order chi connectivity index (χ0) is 19.6. The summed E-state index contributed by atoms with van der Waals surface area (Å²) in [5.74, 6) is 0.549. The molecule has 0 aliphatic carbocycles. The minimum atomic E-state index is -3.54. The first-order valence-electron chi connectivity index (χ1n) is 9.16. The maximum Gasteiger partial charge on any atom is 0.252 e. The minimum Gasteiger partial charge on any atom is -0.311 e. The first kappa shape index (κ1) is 20.0. The second-order valence-corrected chi connectivity index (χ2v) is 10.8. The SMILES string of the molecule is Cc1ccc(S(=O)(=O)N2CCCC(C(=O)Nc3ccnn3CC(C)C)C2)s1. The third-order valence-corrected chi connectivity index (χ3v) is 7.90. The quantitative estimate of drug-likeness (QED) is 0.793. The van der Waals surface area contributed by atoms with E-state index in [2.05, 4.69) is 24.3 Å². The number of nitrogens with one attached hydrogen (secondary N) is 1. The van der Waals surface area contributed by atoms with E-state index in [9.17, 15) is 13.2 Å². The molecule has 1 aliphatic rings. The standard InChI is InChI=1S/C18H26N4O3S2/c1-13(2)11-22-16(8-9-19-22)20-18(23)15-5-4-10-21(12-15)27(24,25)17-7-6-14(3)26-17/h6-9,13,15H,4-5,10-12H2,1-3H3,(H,20,23). The van der Waals surface area contributed by atoms with Gasteiger partial charge in [-0.1, -0.05) is 13.8 Å². The molecule has 0 radical (unpaired) electrons. The smallest absolute Gasteiger partial charge is 0.252 e. The Morgan fingerprint density at radius 2 is 2.15 bits per heavy atom. The molecule has 0 aromatic carbocycles. The lowest BCUT2D eigenvalue weighted by Gasteiger charge is -2.30. The van der Waals surface area contributed by atoms with Crippen LogP contribution in [0.25, 0.3) is 0 Å². The Bertz CT molecular complexity index is 901. The van der Waals surface area contributed by atoms with Crippen molar-refractivity contribution in [2.24, 2.45) is 11.8 Å². The zero-order valence-corrected chi connectivity index (χ0v) is 17.5. The van der Waals surface area contributed by atoms with Crippen LogP contribution in [0, 0.1) is 18.8 Å². The number of hydrogen-bond donors (Lipinski definition) is 1. The maximum atomic E-state index is 12.9. The van der Waals surface area contributed by atoms with Crippen molar-refractivity contribution < 1.29 is 13.2 Å². The summed E-state index contributed by atoms with van der Waals surface area (Å²) in [5.41, 5.74) is 0. The first-order chi connectivity index (χ1) is 12.8. The normalized spacial score (nSPS) is 18.7. The van der Waals surface area contributed by atoms with Crippen molar-refractivity contribution in [2.45, 2.75) is 44.4 Å². The molecule has 2 aromatic rings. The predicted molar refractivity (Wildman–Crippen MR) is 106 cm³/mol. The molecule has 3 rings (SSSR count). The van der Waals surface area contributed by atoms with E-state index in [4.69, 9.17) is 0 Å². The van der Waals surface area contributed by atoms with Crippen LogP contribution in [0.5, 0.6) is 0 Å². The first-order valence-corrected chi connectivity index (χ1v) is 11.4. The van der Waals surface area contributed by atoms with Crippen LogP contribution in [0.15, 0.2) is 28.6 Å². The Hall–Kier alpha value is -1.71. The molecule has 27 heavy (non-hydrogen) atoms. The predicted octanol–water partition coefficient (Wildman–Crippen LogP) is 2.95. The molecule has 0 saturated carbocycles. The van der Waals surface area contributed by atoms with E-state index in [0.29, 0.717) is 41.9 Å². The molecule has 1 fully saturated rings. The number of anilines is 1. The van der Waals surface area contributed by atoms with Gasteiger partial charge in [-0.2, -0.15) is 9.40 Å². The Kier molecular flexibility index (Phi) is 6.02. The van der Waals surface area contributed by atoms with Crippen LogP contribution in [0.4, 0.5) is 5.82 Å². The lowest BCUT2D eigenvalue weighted by atomic mass is 9.99. The van der Waals surface area contributed by atoms with Gasteiger partial charge in [0.25, 0.3) is 10.0 Å². The summed E-state index contributed by atoms with van der Waals surface area (Å²) in [6.07, 6.45) is 3.02. The summed E-state index contributed by atoms with van der Waals surface area (Å²) < 4.78 is 29.3. The van der Waals surface area contributed by atoms with Gasteiger partial charge < -0.3 is 5.32 Å². The number of hydrogen-bond acceptors (Lipinski definition) is 5. The number of thiophene rings is 1. The molecule has 0 bridgehead atoms. The van der Waals surface area contributed by atoms with E-state index in [0.717, 1.165) is 4.88 Å². The molecule has 3 heterocycles. The lowest BCUT2D eigenvalue weighted by molar-refractivity contribution is -0.120. The zero-order valence-electron chi connectivity index (χ0n) is 15.9. The molecule has 0 spiro atoms. The molecule has 9 heteroatoms. The Balaban J connectivity index is 1.69. The van der Waals surface area contributed by atoms with E-state index < -0.39 is 10.0 Å². The van der Waals surface area contributed by atoms with Gasteiger partial charge in [-0.3, -0.25) is 4.79 Å². The van der Waals surface area contributed by atoms with Crippen molar-refractivity contribution in [1.82, 2.24) is 14.1 Å². The number of aromatic nitrogens is 2. The van der Waals surface area contributed by atoms with Gasteiger partial charge in [0.05, 0.1) is 12.1 Å². The summed E-state index contributed by atoms with van der Waals surface area (Å²) in [4.78, 5) is 13.7. The van der Waals surface area contributed by atoms with Gasteiger partial charge in [-0.25, -0.2) is 13.1 Å². The molecule has 1 aliphatic heterocycles. The molecular formula is C18H26N4O3S2.